The number of hydrogen-bond donors (Lipinski definition) is 0. The zero-order valence-corrected chi connectivity index (χ0v) is 47.4. The number of rotatable bonds is 10. The van der Waals surface area contributed by atoms with Crippen molar-refractivity contribution in [3.05, 3.63) is 341 Å². The molecule has 3 unspecified atom stereocenters. The Labute approximate surface area is 484 Å². The zero-order chi connectivity index (χ0) is 55.4. The summed E-state index contributed by atoms with van der Waals surface area (Å²) in [5.74, 6) is 0.216. The molecule has 2 heteroatoms. The molecule has 82 heavy (non-hydrogen) atoms. The molecule has 10 aromatic carbocycles. The highest BCUT2D eigenvalue weighted by Gasteiger charge is 2.53. The highest BCUT2D eigenvalue weighted by molar-refractivity contribution is 5.91. The Morgan fingerprint density at radius 3 is 1.56 bits per heavy atom. The Kier molecular flexibility index (Phi) is 11.5. The van der Waals surface area contributed by atoms with Crippen LogP contribution in [0.15, 0.2) is 291 Å². The van der Waals surface area contributed by atoms with Crippen LogP contribution in [-0.2, 0) is 21.7 Å². The van der Waals surface area contributed by atoms with Crippen LogP contribution in [0.5, 0.6) is 0 Å². The van der Waals surface area contributed by atoms with Gasteiger partial charge in [0.1, 0.15) is 0 Å². The lowest BCUT2D eigenvalue weighted by Gasteiger charge is -2.42. The van der Waals surface area contributed by atoms with E-state index in [0.717, 1.165) is 29.2 Å². The monoisotopic (exact) mass is 1050 g/mol. The van der Waals surface area contributed by atoms with Gasteiger partial charge in [-0.25, -0.2) is 0 Å². The molecule has 2 nitrogen and oxygen atoms in total. The third-order valence-electron chi connectivity index (χ3n) is 19.4. The summed E-state index contributed by atoms with van der Waals surface area (Å²) < 4.78 is 0. The minimum absolute atomic E-state index is 0.00383. The minimum Gasteiger partial charge on any atom is -0.334 e. The van der Waals surface area contributed by atoms with Crippen LogP contribution in [-0.4, -0.2) is 6.04 Å². The molecule has 0 saturated carbocycles. The summed E-state index contributed by atoms with van der Waals surface area (Å²) in [6, 6.07) is 93.6. The third kappa shape index (κ3) is 7.54. The second-order valence-corrected chi connectivity index (χ2v) is 24.6. The van der Waals surface area contributed by atoms with Gasteiger partial charge in [0.15, 0.2) is 0 Å². The number of hydrogen-bond acceptors (Lipinski definition) is 2. The van der Waals surface area contributed by atoms with Gasteiger partial charge in [0.2, 0.25) is 0 Å². The maximum Gasteiger partial charge on any atom is 0.0715 e. The fourth-order valence-electron chi connectivity index (χ4n) is 15.5. The van der Waals surface area contributed by atoms with Crippen LogP contribution in [0.3, 0.4) is 0 Å². The van der Waals surface area contributed by atoms with Gasteiger partial charge in [-0.05, 0) is 149 Å². The number of allylic oxidation sites excluding steroid dienone is 5. The predicted octanol–water partition coefficient (Wildman–Crippen LogP) is 20.0. The van der Waals surface area contributed by atoms with Crippen LogP contribution < -0.4 is 9.80 Å². The van der Waals surface area contributed by atoms with Crippen LogP contribution in [0.2, 0.25) is 0 Å². The lowest BCUT2D eigenvalue weighted by atomic mass is 9.66. The largest absolute Gasteiger partial charge is 0.334 e. The molecule has 0 amide bonds. The Bertz CT molecular complexity index is 4220. The molecule has 0 aliphatic heterocycles. The van der Waals surface area contributed by atoms with Crippen molar-refractivity contribution < 1.29 is 0 Å². The predicted molar refractivity (Wildman–Crippen MR) is 343 cm³/mol. The molecule has 15 rings (SSSR count). The SMILES string of the molecule is CC1(C)c2ccccc2-c2cc(N(c3ccc(-c4ccccc4)cc3)c3cc(N(C4=CC5C(C)(C)c6ccccc6C5(C)C=C4)C4C=CC(c5ccccc5)=CC4)cc(C4(c5ccccc5)c5ccccc5-c5ccccc54)c3)ccc21. The van der Waals surface area contributed by atoms with E-state index in [1.807, 2.05) is 0 Å². The fourth-order valence-corrected chi connectivity index (χ4v) is 15.5. The molecular formula is C80H66N2. The Morgan fingerprint density at radius 1 is 0.390 bits per heavy atom. The van der Waals surface area contributed by atoms with Crippen LogP contribution in [0.4, 0.5) is 22.7 Å². The van der Waals surface area contributed by atoms with Crippen molar-refractivity contribution in [1.29, 1.82) is 0 Å². The van der Waals surface area contributed by atoms with Gasteiger partial charge in [-0.15, -0.1) is 0 Å². The maximum atomic E-state index is 2.69. The first-order valence-corrected chi connectivity index (χ1v) is 29.4. The molecule has 0 fully saturated rings. The first kappa shape index (κ1) is 49.8. The standard InChI is InChI=1S/C80H66N2/c1-77(2)70-32-18-15-31-68(70)69-52-62(45-46-71(69)77)81(60-41-37-56(38-42-60)54-23-9-6-10-24-54)64-49-59(80(58-27-13-8-14-28-58)72-33-19-16-29-66(72)67-30-17-20-34-73(67)80)50-65(51-64)82(61-43-39-57(40-44-61)55-25-11-7-12-26-55)63-47-48-79(5)75-36-22-21-35-74(75)78(3,4)76(79)53-63/h6-43,45-53,61,76H,44H2,1-5H3. The quantitative estimate of drug-likeness (QED) is 0.135. The second-order valence-electron chi connectivity index (χ2n) is 24.6. The number of anilines is 4. The van der Waals surface area contributed by atoms with E-state index in [1.165, 1.54) is 94.7 Å². The van der Waals surface area contributed by atoms with Crippen LogP contribution in [0.1, 0.15) is 91.1 Å². The van der Waals surface area contributed by atoms with Crippen molar-refractivity contribution in [1.82, 2.24) is 0 Å². The van der Waals surface area contributed by atoms with Gasteiger partial charge in [-0.1, -0.05) is 271 Å². The first-order valence-electron chi connectivity index (χ1n) is 29.4. The Balaban J connectivity index is 1.02. The van der Waals surface area contributed by atoms with E-state index in [1.54, 1.807) is 0 Å². The van der Waals surface area contributed by atoms with Crippen LogP contribution >= 0.6 is 0 Å². The average Bonchev–Trinajstić information content (AvgIpc) is 2.04. The fraction of sp³-hybridized carbons (Fsp3) is 0.150. The van der Waals surface area contributed by atoms with Crippen LogP contribution in [0, 0.1) is 5.92 Å². The molecule has 0 aromatic heterocycles. The van der Waals surface area contributed by atoms with Crippen LogP contribution in [0.25, 0.3) is 39.0 Å². The number of fused-ring (bicyclic) bond motifs is 9. The van der Waals surface area contributed by atoms with Gasteiger partial charge < -0.3 is 9.80 Å². The third-order valence-corrected chi connectivity index (χ3v) is 19.4. The van der Waals surface area contributed by atoms with E-state index in [-0.39, 0.29) is 28.2 Å². The minimum atomic E-state index is -0.679. The number of nitrogens with zero attached hydrogens (tertiary/aromatic N) is 2. The van der Waals surface area contributed by atoms with Crippen molar-refractivity contribution in [3.63, 3.8) is 0 Å². The Morgan fingerprint density at radius 2 is 0.915 bits per heavy atom. The van der Waals surface area contributed by atoms with Gasteiger partial charge in [0.05, 0.1) is 11.5 Å². The van der Waals surface area contributed by atoms with Crippen molar-refractivity contribution in [3.8, 4) is 33.4 Å². The van der Waals surface area contributed by atoms with E-state index in [4.69, 9.17) is 0 Å². The molecule has 5 aliphatic rings. The van der Waals surface area contributed by atoms with Crippen molar-refractivity contribution in [2.24, 2.45) is 5.92 Å². The highest BCUT2D eigenvalue weighted by atomic mass is 15.2. The van der Waals surface area contributed by atoms with Crippen molar-refractivity contribution in [2.45, 2.75) is 68.7 Å². The summed E-state index contributed by atoms with van der Waals surface area (Å²) in [5, 5.41) is 0. The molecule has 0 radical (unpaired) electrons. The molecule has 10 aromatic rings. The molecule has 3 atom stereocenters. The van der Waals surface area contributed by atoms with Crippen molar-refractivity contribution in [2.75, 3.05) is 9.80 Å². The van der Waals surface area contributed by atoms with Gasteiger partial charge in [0, 0.05) is 45.2 Å². The number of benzene rings is 10. The smallest absolute Gasteiger partial charge is 0.0715 e. The maximum absolute atomic E-state index is 2.69. The Hall–Kier alpha value is -9.24. The van der Waals surface area contributed by atoms with E-state index in [0.29, 0.717) is 0 Å². The van der Waals surface area contributed by atoms with Gasteiger partial charge in [-0.3, -0.25) is 0 Å². The van der Waals surface area contributed by atoms with Crippen molar-refractivity contribution >= 4 is 28.3 Å². The summed E-state index contributed by atoms with van der Waals surface area (Å²) in [5.41, 5.74) is 25.2. The van der Waals surface area contributed by atoms with E-state index < -0.39 is 5.41 Å². The zero-order valence-electron chi connectivity index (χ0n) is 47.4. The molecule has 5 aliphatic carbocycles. The van der Waals surface area contributed by atoms with Gasteiger partial charge in [-0.2, -0.15) is 0 Å². The van der Waals surface area contributed by atoms with Gasteiger partial charge in [0.25, 0.3) is 0 Å². The lowest BCUT2D eigenvalue weighted by molar-refractivity contribution is 0.321. The molecule has 0 bridgehead atoms. The topological polar surface area (TPSA) is 6.48 Å². The molecule has 0 spiro atoms. The molecule has 0 heterocycles. The van der Waals surface area contributed by atoms with E-state index in [2.05, 4.69) is 330 Å². The van der Waals surface area contributed by atoms with E-state index >= 15 is 0 Å². The first-order chi connectivity index (χ1) is 40.0. The normalized spacial score (nSPS) is 19.6. The highest BCUT2D eigenvalue weighted by Crippen LogP contribution is 2.60. The summed E-state index contributed by atoms with van der Waals surface area (Å²) in [4.78, 5) is 5.24. The van der Waals surface area contributed by atoms with E-state index in [9.17, 15) is 0 Å². The summed E-state index contributed by atoms with van der Waals surface area (Å²) >= 11 is 0. The molecular weight excluding hydrogens is 989 g/mol. The lowest BCUT2D eigenvalue weighted by Crippen LogP contribution is -2.40. The second kappa shape index (κ2) is 18.9. The summed E-state index contributed by atoms with van der Waals surface area (Å²) in [6.45, 7) is 12.1. The molecule has 396 valence electrons. The molecule has 0 saturated heterocycles. The molecule has 0 N–H and O–H groups in total. The average molecular weight is 1060 g/mol. The van der Waals surface area contributed by atoms with Gasteiger partial charge >= 0.3 is 0 Å². The summed E-state index contributed by atoms with van der Waals surface area (Å²) in [7, 11) is 0. The summed E-state index contributed by atoms with van der Waals surface area (Å²) in [6.07, 6.45) is 15.8.